The number of nitrogens with two attached hydrogens (primary N) is 1. The molecule has 19 heavy (non-hydrogen) atoms. The first-order valence-corrected chi connectivity index (χ1v) is 6.97. The molecule has 1 atom stereocenters. The van der Waals surface area contributed by atoms with Gasteiger partial charge in [0.15, 0.2) is 0 Å². The van der Waals surface area contributed by atoms with E-state index in [1.807, 2.05) is 0 Å². The van der Waals surface area contributed by atoms with Gasteiger partial charge in [0.2, 0.25) is 5.91 Å². The van der Waals surface area contributed by atoms with E-state index in [2.05, 4.69) is 4.90 Å². The minimum Gasteiger partial charge on any atom is -0.467 e. The van der Waals surface area contributed by atoms with Crippen molar-refractivity contribution < 1.29 is 14.3 Å². The largest absolute Gasteiger partial charge is 0.467 e. The molecule has 2 rings (SSSR count). The molecule has 2 heterocycles. The van der Waals surface area contributed by atoms with E-state index in [-0.39, 0.29) is 24.0 Å². The number of likely N-dealkylation sites (tertiary alicyclic amines) is 2. The highest BCUT2D eigenvalue weighted by Gasteiger charge is 2.35. The fraction of sp³-hybridized carbons (Fsp3) is 0.846. The Morgan fingerprint density at radius 3 is 2.53 bits per heavy atom. The van der Waals surface area contributed by atoms with Crippen LogP contribution in [-0.2, 0) is 14.3 Å². The van der Waals surface area contributed by atoms with Gasteiger partial charge in [-0.25, -0.2) is 4.79 Å². The van der Waals surface area contributed by atoms with E-state index in [1.54, 1.807) is 4.90 Å². The smallest absolute Gasteiger partial charge is 0.328 e. The Morgan fingerprint density at radius 1 is 1.21 bits per heavy atom. The van der Waals surface area contributed by atoms with Gasteiger partial charge >= 0.3 is 5.97 Å². The second-order valence-electron chi connectivity index (χ2n) is 5.38. The van der Waals surface area contributed by atoms with Crippen LogP contribution in [0.2, 0.25) is 0 Å². The predicted molar refractivity (Wildman–Crippen MR) is 70.4 cm³/mol. The third-order valence-corrected chi connectivity index (χ3v) is 4.04. The van der Waals surface area contributed by atoms with Crippen molar-refractivity contribution in [2.24, 2.45) is 5.73 Å². The molecule has 0 aromatic rings. The van der Waals surface area contributed by atoms with Crippen molar-refractivity contribution in [3.63, 3.8) is 0 Å². The molecular formula is C13H23N3O3. The molecule has 6 heteroatoms. The highest BCUT2D eigenvalue weighted by atomic mass is 16.5. The first-order chi connectivity index (χ1) is 9.11. The summed E-state index contributed by atoms with van der Waals surface area (Å²) in [5, 5.41) is 0. The molecule has 0 radical (unpaired) electrons. The second kappa shape index (κ2) is 6.34. The topological polar surface area (TPSA) is 75.9 Å². The van der Waals surface area contributed by atoms with Gasteiger partial charge in [-0.1, -0.05) is 0 Å². The summed E-state index contributed by atoms with van der Waals surface area (Å²) in [5.41, 5.74) is 5.85. The van der Waals surface area contributed by atoms with Crippen LogP contribution in [0.1, 0.15) is 25.7 Å². The monoisotopic (exact) mass is 269 g/mol. The predicted octanol–water partition coefficient (Wildman–Crippen LogP) is -0.426. The van der Waals surface area contributed by atoms with Crippen LogP contribution in [0.4, 0.5) is 0 Å². The van der Waals surface area contributed by atoms with Crippen LogP contribution in [0.25, 0.3) is 0 Å². The highest BCUT2D eigenvalue weighted by Crippen LogP contribution is 2.19. The van der Waals surface area contributed by atoms with Crippen LogP contribution in [0.3, 0.4) is 0 Å². The molecule has 1 amide bonds. The number of carbonyl (C=O) groups excluding carboxylic acids is 2. The van der Waals surface area contributed by atoms with Gasteiger partial charge in [0.25, 0.3) is 0 Å². The third-order valence-electron chi connectivity index (χ3n) is 4.04. The summed E-state index contributed by atoms with van der Waals surface area (Å²) in [6.07, 6.45) is 3.46. The van der Waals surface area contributed by atoms with E-state index in [4.69, 9.17) is 10.5 Å². The number of hydrogen-bond donors (Lipinski definition) is 1. The summed E-state index contributed by atoms with van der Waals surface area (Å²) in [7, 11) is 1.37. The molecule has 0 aromatic heterocycles. The zero-order valence-corrected chi connectivity index (χ0v) is 11.5. The second-order valence-corrected chi connectivity index (χ2v) is 5.38. The molecule has 2 aliphatic heterocycles. The average Bonchev–Trinajstić information content (AvgIpc) is 2.90. The van der Waals surface area contributed by atoms with Crippen molar-refractivity contribution in [2.45, 2.75) is 37.8 Å². The van der Waals surface area contributed by atoms with Crippen molar-refractivity contribution in [1.82, 2.24) is 9.80 Å². The molecule has 108 valence electrons. The summed E-state index contributed by atoms with van der Waals surface area (Å²) >= 11 is 0. The normalized spacial score (nSPS) is 25.6. The molecule has 0 bridgehead atoms. The highest BCUT2D eigenvalue weighted by molar-refractivity contribution is 5.86. The number of carbonyl (C=O) groups is 2. The lowest BCUT2D eigenvalue weighted by atomic mass is 10.1. The molecule has 2 fully saturated rings. The van der Waals surface area contributed by atoms with Crippen LogP contribution >= 0.6 is 0 Å². The quantitative estimate of drug-likeness (QED) is 0.704. The van der Waals surface area contributed by atoms with Gasteiger partial charge in [-0.15, -0.1) is 0 Å². The van der Waals surface area contributed by atoms with Crippen molar-refractivity contribution in [2.75, 3.05) is 33.3 Å². The SMILES string of the molecule is COC(=O)C1CCCN1C(=O)CN1CCC(N)CC1. The molecule has 0 aromatic carbocycles. The lowest BCUT2D eigenvalue weighted by Crippen LogP contribution is -2.48. The Balaban J connectivity index is 1.87. The Hall–Kier alpha value is -1.14. The zero-order chi connectivity index (χ0) is 13.8. The van der Waals surface area contributed by atoms with Gasteiger partial charge in [-0.3, -0.25) is 9.69 Å². The maximum Gasteiger partial charge on any atom is 0.328 e. The van der Waals surface area contributed by atoms with E-state index >= 15 is 0 Å². The molecule has 2 saturated heterocycles. The van der Waals surface area contributed by atoms with E-state index in [9.17, 15) is 9.59 Å². The maximum absolute atomic E-state index is 12.3. The van der Waals surface area contributed by atoms with Gasteiger partial charge < -0.3 is 15.4 Å². The standard InChI is InChI=1S/C13H23N3O3/c1-19-13(18)11-3-2-6-16(11)12(17)9-15-7-4-10(14)5-8-15/h10-11H,2-9,14H2,1H3. The summed E-state index contributed by atoms with van der Waals surface area (Å²) < 4.78 is 4.76. The first kappa shape index (κ1) is 14.3. The van der Waals surface area contributed by atoms with Gasteiger partial charge in [0, 0.05) is 25.7 Å². The Bertz CT molecular complexity index is 340. The van der Waals surface area contributed by atoms with E-state index in [0.29, 0.717) is 19.5 Å². The van der Waals surface area contributed by atoms with Crippen LogP contribution < -0.4 is 5.73 Å². The Labute approximate surface area is 113 Å². The van der Waals surface area contributed by atoms with Crippen LogP contribution in [0.15, 0.2) is 0 Å². The third kappa shape index (κ3) is 3.45. The minimum atomic E-state index is -0.385. The average molecular weight is 269 g/mol. The molecule has 6 nitrogen and oxygen atoms in total. The van der Waals surface area contributed by atoms with Gasteiger partial charge in [0.05, 0.1) is 13.7 Å². The van der Waals surface area contributed by atoms with Gasteiger partial charge in [0.1, 0.15) is 6.04 Å². The minimum absolute atomic E-state index is 0.0309. The van der Waals surface area contributed by atoms with Crippen molar-refractivity contribution in [1.29, 1.82) is 0 Å². The lowest BCUT2D eigenvalue weighted by Gasteiger charge is -2.31. The fourth-order valence-electron chi connectivity index (χ4n) is 2.84. The molecule has 0 saturated carbocycles. The zero-order valence-electron chi connectivity index (χ0n) is 11.5. The van der Waals surface area contributed by atoms with Crippen LogP contribution in [0.5, 0.6) is 0 Å². The lowest BCUT2D eigenvalue weighted by molar-refractivity contribution is -0.151. The maximum atomic E-state index is 12.3. The molecule has 0 spiro atoms. The van der Waals surface area contributed by atoms with Gasteiger partial charge in [-0.2, -0.15) is 0 Å². The number of nitrogens with zero attached hydrogens (tertiary/aromatic N) is 2. The van der Waals surface area contributed by atoms with E-state index in [0.717, 1.165) is 32.4 Å². The van der Waals surface area contributed by atoms with Crippen molar-refractivity contribution in [3.05, 3.63) is 0 Å². The Kier molecular flexibility index (Phi) is 4.76. The number of hydrogen-bond acceptors (Lipinski definition) is 5. The van der Waals surface area contributed by atoms with Crippen LogP contribution in [0, 0.1) is 0 Å². The number of ether oxygens (including phenoxy) is 1. The summed E-state index contributed by atoms with van der Waals surface area (Å²) in [5.74, 6) is -0.269. The Morgan fingerprint density at radius 2 is 1.89 bits per heavy atom. The summed E-state index contributed by atoms with van der Waals surface area (Å²) in [6, 6.07) is -0.120. The number of esters is 1. The molecule has 0 aliphatic carbocycles. The van der Waals surface area contributed by atoms with Crippen molar-refractivity contribution in [3.8, 4) is 0 Å². The first-order valence-electron chi connectivity index (χ1n) is 6.97. The fourth-order valence-corrected chi connectivity index (χ4v) is 2.84. The van der Waals surface area contributed by atoms with Crippen molar-refractivity contribution >= 4 is 11.9 Å². The summed E-state index contributed by atoms with van der Waals surface area (Å²) in [4.78, 5) is 27.7. The number of amides is 1. The molecular weight excluding hydrogens is 246 g/mol. The number of methoxy groups -OCH3 is 1. The van der Waals surface area contributed by atoms with Crippen LogP contribution in [-0.4, -0.2) is 67.0 Å². The van der Waals surface area contributed by atoms with E-state index in [1.165, 1.54) is 7.11 Å². The van der Waals surface area contributed by atoms with Gasteiger partial charge in [-0.05, 0) is 25.7 Å². The number of rotatable bonds is 3. The molecule has 1 unspecified atom stereocenters. The summed E-state index contributed by atoms with van der Waals surface area (Å²) in [6.45, 7) is 2.78. The molecule has 2 N–H and O–H groups in total. The molecule has 2 aliphatic rings. The van der Waals surface area contributed by atoms with E-state index < -0.39 is 0 Å². The number of piperidine rings is 1.